The van der Waals surface area contributed by atoms with Crippen LogP contribution in [-0.2, 0) is 22.7 Å². The van der Waals surface area contributed by atoms with Gasteiger partial charge in [0, 0.05) is 50.3 Å². The van der Waals surface area contributed by atoms with E-state index in [0.29, 0.717) is 32.2 Å². The lowest BCUT2D eigenvalue weighted by Gasteiger charge is -2.31. The molecule has 0 radical (unpaired) electrons. The van der Waals surface area contributed by atoms with Crippen molar-refractivity contribution < 1.29 is 14.1 Å². The summed E-state index contributed by atoms with van der Waals surface area (Å²) in [6.45, 7) is 10.5. The van der Waals surface area contributed by atoms with E-state index in [0.717, 1.165) is 27.9 Å². The van der Waals surface area contributed by atoms with Gasteiger partial charge in [-0.3, -0.25) is 14.6 Å². The molecule has 2 aromatic carbocycles. The smallest absolute Gasteiger partial charge is 0.256 e. The van der Waals surface area contributed by atoms with Crippen LogP contribution in [0.4, 0.5) is 5.69 Å². The van der Waals surface area contributed by atoms with Crippen LogP contribution < -0.4 is 10.6 Å². The second kappa shape index (κ2) is 13.8. The minimum absolute atomic E-state index is 0. The van der Waals surface area contributed by atoms with Crippen molar-refractivity contribution in [3.05, 3.63) is 58.8 Å². The van der Waals surface area contributed by atoms with Gasteiger partial charge in [-0.25, -0.2) is 5.01 Å². The summed E-state index contributed by atoms with van der Waals surface area (Å²) in [6, 6.07) is 12.4. The summed E-state index contributed by atoms with van der Waals surface area (Å²) < 4.78 is 5.33. The Labute approximate surface area is 236 Å². The maximum Gasteiger partial charge on any atom is 0.256 e. The molecule has 0 fully saturated rings. The molecule has 1 aliphatic heterocycles. The number of carbonyl (C=O) groups is 2. The van der Waals surface area contributed by atoms with Gasteiger partial charge in [0.1, 0.15) is 6.54 Å². The molecule has 208 valence electrons. The molecule has 1 aromatic heterocycles. The van der Waals surface area contributed by atoms with Gasteiger partial charge in [-0.1, -0.05) is 43.3 Å². The highest BCUT2D eigenvalue weighted by atomic mass is 35.5. The highest BCUT2D eigenvalue weighted by Gasteiger charge is 2.27. The van der Waals surface area contributed by atoms with Crippen LogP contribution in [0.25, 0.3) is 11.0 Å². The van der Waals surface area contributed by atoms with Crippen molar-refractivity contribution in [3.63, 3.8) is 0 Å². The molecule has 0 bridgehead atoms. The SMILES string of the molecule is Cc1cc2onc(C)c2cc1NCC(=O)N(CCNC(C)C)CC(=O)N(C)N1Cc2ccccc2C1.Cl.Cl. The van der Waals surface area contributed by atoms with E-state index in [4.69, 9.17) is 4.52 Å². The number of benzene rings is 2. The molecule has 0 spiro atoms. The lowest BCUT2D eigenvalue weighted by atomic mass is 10.1. The number of anilines is 1. The molecule has 38 heavy (non-hydrogen) atoms. The molecule has 0 unspecified atom stereocenters. The Bertz CT molecular complexity index is 1220. The standard InChI is InChI=1S/C27H36N6O3.2ClH/c1-18(2)28-10-11-32(17-27(35)31(5)33-15-21-8-6-7-9-22(21)16-33)26(34)14-29-24-13-23-20(4)30-36-25(23)12-19(24)3;;/h6-9,12-13,18,28-29H,10-11,14-17H2,1-5H3;2*1H. The van der Waals surface area contributed by atoms with E-state index in [1.807, 2.05) is 43.1 Å². The van der Waals surface area contributed by atoms with Gasteiger partial charge >= 0.3 is 0 Å². The van der Waals surface area contributed by atoms with Crippen LogP contribution in [0.1, 0.15) is 36.2 Å². The van der Waals surface area contributed by atoms with E-state index in [-0.39, 0.29) is 49.7 Å². The normalized spacial score (nSPS) is 12.6. The summed E-state index contributed by atoms with van der Waals surface area (Å²) in [6.07, 6.45) is 0. The van der Waals surface area contributed by atoms with E-state index >= 15 is 0 Å². The quantitative estimate of drug-likeness (QED) is 0.385. The Morgan fingerprint density at radius 3 is 2.37 bits per heavy atom. The molecular formula is C27H38Cl2N6O3. The van der Waals surface area contributed by atoms with E-state index < -0.39 is 0 Å². The second-order valence-corrected chi connectivity index (χ2v) is 9.72. The molecular weight excluding hydrogens is 527 g/mol. The minimum Gasteiger partial charge on any atom is -0.376 e. The first-order valence-electron chi connectivity index (χ1n) is 12.4. The number of aryl methyl sites for hydroxylation is 2. The van der Waals surface area contributed by atoms with Gasteiger partial charge in [0.05, 0.1) is 12.2 Å². The van der Waals surface area contributed by atoms with Gasteiger partial charge in [0.25, 0.3) is 5.91 Å². The van der Waals surface area contributed by atoms with Gasteiger partial charge in [-0.15, -0.1) is 24.8 Å². The lowest BCUT2D eigenvalue weighted by molar-refractivity contribution is -0.151. The molecule has 0 saturated carbocycles. The number of hydrogen-bond acceptors (Lipinski definition) is 7. The van der Waals surface area contributed by atoms with Gasteiger partial charge in [-0.2, -0.15) is 0 Å². The van der Waals surface area contributed by atoms with Crippen molar-refractivity contribution in [3.8, 4) is 0 Å². The van der Waals surface area contributed by atoms with Crippen molar-refractivity contribution in [1.29, 1.82) is 0 Å². The van der Waals surface area contributed by atoms with Crippen LogP contribution >= 0.6 is 24.8 Å². The predicted octanol–water partition coefficient (Wildman–Crippen LogP) is 3.92. The second-order valence-electron chi connectivity index (χ2n) is 9.72. The summed E-state index contributed by atoms with van der Waals surface area (Å²) in [4.78, 5) is 28.1. The highest BCUT2D eigenvalue weighted by Crippen LogP contribution is 2.26. The summed E-state index contributed by atoms with van der Waals surface area (Å²) in [5.41, 5.74) is 5.79. The first-order valence-corrected chi connectivity index (χ1v) is 12.4. The van der Waals surface area contributed by atoms with Crippen LogP contribution in [0.5, 0.6) is 0 Å². The van der Waals surface area contributed by atoms with Crippen LogP contribution in [0, 0.1) is 13.8 Å². The third kappa shape index (κ3) is 7.38. The Hall–Kier alpha value is -2.85. The number of amides is 2. The third-order valence-electron chi connectivity index (χ3n) is 6.65. The largest absolute Gasteiger partial charge is 0.376 e. The topological polar surface area (TPSA) is 93.9 Å². The molecule has 2 heterocycles. The van der Waals surface area contributed by atoms with Gasteiger partial charge in [0.2, 0.25) is 5.91 Å². The molecule has 4 rings (SSSR count). The average molecular weight is 566 g/mol. The predicted molar refractivity (Wildman–Crippen MR) is 155 cm³/mol. The number of carbonyl (C=O) groups excluding carboxylic acids is 2. The number of aromatic nitrogens is 1. The molecule has 2 N–H and O–H groups in total. The number of rotatable bonds is 10. The van der Waals surface area contributed by atoms with Crippen molar-refractivity contribution in [2.45, 2.75) is 46.8 Å². The molecule has 2 amide bonds. The fourth-order valence-electron chi connectivity index (χ4n) is 4.41. The Morgan fingerprint density at radius 1 is 1.08 bits per heavy atom. The van der Waals surface area contributed by atoms with Gasteiger partial charge in [0.15, 0.2) is 5.58 Å². The fourth-order valence-corrected chi connectivity index (χ4v) is 4.41. The number of halogens is 2. The lowest BCUT2D eigenvalue weighted by Crippen LogP contribution is -2.49. The number of likely N-dealkylation sites (N-methyl/N-ethyl adjacent to an activating group) is 1. The van der Waals surface area contributed by atoms with Gasteiger partial charge in [-0.05, 0) is 42.7 Å². The maximum atomic E-state index is 13.3. The number of hydrogen-bond donors (Lipinski definition) is 2. The number of hydrazine groups is 1. The molecule has 11 heteroatoms. The summed E-state index contributed by atoms with van der Waals surface area (Å²) >= 11 is 0. The average Bonchev–Trinajstić information content (AvgIpc) is 3.44. The van der Waals surface area contributed by atoms with Crippen LogP contribution in [0.15, 0.2) is 40.9 Å². The Kier molecular flexibility index (Phi) is 11.4. The zero-order valence-electron chi connectivity index (χ0n) is 22.6. The third-order valence-corrected chi connectivity index (χ3v) is 6.65. The number of fused-ring (bicyclic) bond motifs is 2. The fraction of sp³-hybridized carbons (Fsp3) is 0.444. The summed E-state index contributed by atoms with van der Waals surface area (Å²) in [5, 5.41) is 15.2. The molecule has 3 aromatic rings. The monoisotopic (exact) mass is 564 g/mol. The maximum absolute atomic E-state index is 13.3. The zero-order valence-corrected chi connectivity index (χ0v) is 24.2. The highest BCUT2D eigenvalue weighted by molar-refractivity contribution is 5.89. The van der Waals surface area contributed by atoms with Crippen LogP contribution in [0.3, 0.4) is 0 Å². The van der Waals surface area contributed by atoms with Crippen molar-refractivity contribution in [1.82, 2.24) is 25.4 Å². The molecule has 1 aliphatic rings. The van der Waals surface area contributed by atoms with E-state index in [1.54, 1.807) is 17.0 Å². The minimum atomic E-state index is -0.131. The Balaban J connectivity index is 0.00000253. The number of nitrogens with zero attached hydrogens (tertiary/aromatic N) is 4. The molecule has 0 aliphatic carbocycles. The molecule has 9 nitrogen and oxygen atoms in total. The van der Waals surface area contributed by atoms with Crippen LogP contribution in [-0.4, -0.2) is 71.2 Å². The zero-order chi connectivity index (χ0) is 25.8. The van der Waals surface area contributed by atoms with Gasteiger partial charge < -0.3 is 20.1 Å². The van der Waals surface area contributed by atoms with E-state index in [2.05, 4.69) is 41.8 Å². The van der Waals surface area contributed by atoms with Crippen molar-refractivity contribution in [2.24, 2.45) is 0 Å². The first kappa shape index (κ1) is 31.4. The van der Waals surface area contributed by atoms with Crippen molar-refractivity contribution >= 4 is 53.3 Å². The first-order chi connectivity index (χ1) is 17.2. The molecule has 0 atom stereocenters. The number of nitrogens with one attached hydrogen (secondary N) is 2. The molecule has 0 saturated heterocycles. The van der Waals surface area contributed by atoms with E-state index in [9.17, 15) is 9.59 Å². The van der Waals surface area contributed by atoms with Crippen molar-refractivity contribution in [2.75, 3.05) is 38.5 Å². The Morgan fingerprint density at radius 2 is 1.74 bits per heavy atom. The summed E-state index contributed by atoms with van der Waals surface area (Å²) in [7, 11) is 1.78. The van der Waals surface area contributed by atoms with Crippen LogP contribution in [0.2, 0.25) is 0 Å². The van der Waals surface area contributed by atoms with E-state index in [1.165, 1.54) is 11.1 Å². The summed E-state index contributed by atoms with van der Waals surface area (Å²) in [5.74, 6) is -0.244.